The first-order chi connectivity index (χ1) is 7.90. The highest BCUT2D eigenvalue weighted by Gasteiger charge is 2.38. The van der Waals surface area contributed by atoms with E-state index >= 15 is 0 Å². The number of carbonyl (C=O) groups is 1. The van der Waals surface area contributed by atoms with Gasteiger partial charge < -0.3 is 15.9 Å². The molecule has 0 aliphatic heterocycles. The van der Waals surface area contributed by atoms with E-state index < -0.39 is 11.5 Å². The molecule has 1 aromatic carbocycles. The molecule has 17 heavy (non-hydrogen) atoms. The van der Waals surface area contributed by atoms with Crippen LogP contribution in [0.15, 0.2) is 24.3 Å². The molecule has 0 fully saturated rings. The van der Waals surface area contributed by atoms with Gasteiger partial charge in [0.1, 0.15) is 11.3 Å². The monoisotopic (exact) mass is 237 g/mol. The highest BCUT2D eigenvalue weighted by molar-refractivity contribution is 5.79. The standard InChI is InChI=1S/C13H19NO3/c1-3-9(2)13(14,12(16)17)8-10-4-6-11(15)7-5-10/h4-7,9,15H,3,8,14H2,1-2H3,(H,16,17). The number of aromatic hydroxyl groups is 1. The first-order valence-corrected chi connectivity index (χ1v) is 5.70. The number of phenols is 1. The Labute approximate surface area is 101 Å². The van der Waals surface area contributed by atoms with Crippen LogP contribution >= 0.6 is 0 Å². The molecule has 0 bridgehead atoms. The largest absolute Gasteiger partial charge is 0.508 e. The van der Waals surface area contributed by atoms with E-state index in [1.807, 2.05) is 13.8 Å². The fourth-order valence-electron chi connectivity index (χ4n) is 1.78. The van der Waals surface area contributed by atoms with E-state index in [2.05, 4.69) is 0 Å². The summed E-state index contributed by atoms with van der Waals surface area (Å²) < 4.78 is 0. The Morgan fingerprint density at radius 1 is 1.41 bits per heavy atom. The number of hydrogen-bond acceptors (Lipinski definition) is 3. The molecule has 2 atom stereocenters. The molecule has 0 spiro atoms. The second-order valence-corrected chi connectivity index (χ2v) is 4.50. The number of benzene rings is 1. The van der Waals surface area contributed by atoms with Crippen molar-refractivity contribution in [3.63, 3.8) is 0 Å². The molecule has 0 saturated carbocycles. The van der Waals surface area contributed by atoms with Crippen molar-refractivity contribution in [2.24, 2.45) is 11.7 Å². The van der Waals surface area contributed by atoms with E-state index in [4.69, 9.17) is 5.73 Å². The van der Waals surface area contributed by atoms with Gasteiger partial charge in [0.2, 0.25) is 0 Å². The maximum atomic E-state index is 11.3. The molecule has 1 rings (SSSR count). The third-order valence-electron chi connectivity index (χ3n) is 3.32. The summed E-state index contributed by atoms with van der Waals surface area (Å²) in [6.45, 7) is 3.76. The normalized spacial score (nSPS) is 16.2. The molecule has 0 radical (unpaired) electrons. The van der Waals surface area contributed by atoms with E-state index in [-0.39, 0.29) is 18.1 Å². The number of nitrogens with two attached hydrogens (primary N) is 1. The molecular weight excluding hydrogens is 218 g/mol. The van der Waals surface area contributed by atoms with Gasteiger partial charge in [-0.3, -0.25) is 4.79 Å². The number of carboxylic acid groups (broad SMARTS) is 1. The Kier molecular flexibility index (Phi) is 4.12. The van der Waals surface area contributed by atoms with Crippen LogP contribution < -0.4 is 5.73 Å². The lowest BCUT2D eigenvalue weighted by Crippen LogP contribution is -2.54. The number of carboxylic acids is 1. The van der Waals surface area contributed by atoms with Gasteiger partial charge in [-0.05, 0) is 23.6 Å². The molecule has 0 heterocycles. The Balaban J connectivity index is 2.94. The molecule has 0 saturated heterocycles. The minimum absolute atomic E-state index is 0.117. The van der Waals surface area contributed by atoms with E-state index in [9.17, 15) is 15.0 Å². The topological polar surface area (TPSA) is 83.5 Å². The van der Waals surface area contributed by atoms with Gasteiger partial charge >= 0.3 is 5.97 Å². The molecule has 0 aromatic heterocycles. The smallest absolute Gasteiger partial charge is 0.324 e. The van der Waals surface area contributed by atoms with Crippen LogP contribution in [0.3, 0.4) is 0 Å². The summed E-state index contributed by atoms with van der Waals surface area (Å²) in [5.41, 5.74) is 5.56. The van der Waals surface area contributed by atoms with Gasteiger partial charge in [-0.2, -0.15) is 0 Å². The predicted molar refractivity (Wildman–Crippen MR) is 65.8 cm³/mol. The number of aliphatic carboxylic acids is 1. The molecule has 4 N–H and O–H groups in total. The minimum atomic E-state index is -1.26. The number of rotatable bonds is 5. The molecule has 0 amide bonds. The van der Waals surface area contributed by atoms with E-state index in [0.29, 0.717) is 6.42 Å². The van der Waals surface area contributed by atoms with Crippen molar-refractivity contribution in [1.82, 2.24) is 0 Å². The number of phenolic OH excluding ortho intramolecular Hbond substituents is 1. The average molecular weight is 237 g/mol. The molecule has 1 aromatic rings. The van der Waals surface area contributed by atoms with Crippen molar-refractivity contribution < 1.29 is 15.0 Å². The molecule has 2 unspecified atom stereocenters. The lowest BCUT2D eigenvalue weighted by molar-refractivity contribution is -0.145. The van der Waals surface area contributed by atoms with Crippen LogP contribution in [0.4, 0.5) is 0 Å². The van der Waals surface area contributed by atoms with Crippen LogP contribution in [-0.2, 0) is 11.2 Å². The first-order valence-electron chi connectivity index (χ1n) is 5.70. The SMILES string of the molecule is CCC(C)C(N)(Cc1ccc(O)cc1)C(=O)O. The molecular formula is C13H19NO3. The molecule has 0 aliphatic rings. The summed E-state index contributed by atoms with van der Waals surface area (Å²) in [6, 6.07) is 6.47. The van der Waals surface area contributed by atoms with Gasteiger partial charge in [-0.25, -0.2) is 0 Å². The van der Waals surface area contributed by atoms with Crippen LogP contribution in [0.1, 0.15) is 25.8 Å². The van der Waals surface area contributed by atoms with Gasteiger partial charge in [0, 0.05) is 6.42 Å². The Bertz CT molecular complexity index is 388. The number of hydrogen-bond donors (Lipinski definition) is 3. The average Bonchev–Trinajstić information content (AvgIpc) is 2.30. The van der Waals surface area contributed by atoms with Gasteiger partial charge in [0.25, 0.3) is 0 Å². The van der Waals surface area contributed by atoms with Crippen LogP contribution in [-0.4, -0.2) is 21.7 Å². The molecule has 94 valence electrons. The summed E-state index contributed by atoms with van der Waals surface area (Å²) in [7, 11) is 0. The highest BCUT2D eigenvalue weighted by atomic mass is 16.4. The van der Waals surface area contributed by atoms with Gasteiger partial charge in [0.05, 0.1) is 0 Å². The second kappa shape index (κ2) is 5.19. The summed E-state index contributed by atoms with van der Waals surface area (Å²) >= 11 is 0. The second-order valence-electron chi connectivity index (χ2n) is 4.50. The lowest BCUT2D eigenvalue weighted by atomic mass is 9.79. The summed E-state index contributed by atoms with van der Waals surface area (Å²) in [5, 5.41) is 18.4. The maximum Gasteiger partial charge on any atom is 0.324 e. The quantitative estimate of drug-likeness (QED) is 0.728. The lowest BCUT2D eigenvalue weighted by Gasteiger charge is -2.30. The Morgan fingerprint density at radius 2 is 1.94 bits per heavy atom. The van der Waals surface area contributed by atoms with E-state index in [0.717, 1.165) is 5.56 Å². The summed E-state index contributed by atoms with van der Waals surface area (Å²) in [6.07, 6.45) is 0.971. The summed E-state index contributed by atoms with van der Waals surface area (Å²) in [5.74, 6) is -0.941. The van der Waals surface area contributed by atoms with Crippen LogP contribution in [0, 0.1) is 5.92 Å². The van der Waals surface area contributed by atoms with E-state index in [1.165, 1.54) is 12.1 Å². The predicted octanol–water partition coefficient (Wildman–Crippen LogP) is 1.76. The third-order valence-corrected chi connectivity index (χ3v) is 3.32. The van der Waals surface area contributed by atoms with Crippen molar-refractivity contribution >= 4 is 5.97 Å². The zero-order chi connectivity index (χ0) is 13.1. The minimum Gasteiger partial charge on any atom is -0.508 e. The molecule has 4 nitrogen and oxygen atoms in total. The van der Waals surface area contributed by atoms with Gasteiger partial charge in [-0.1, -0.05) is 32.4 Å². The fraction of sp³-hybridized carbons (Fsp3) is 0.462. The van der Waals surface area contributed by atoms with Crippen LogP contribution in [0.25, 0.3) is 0 Å². The third kappa shape index (κ3) is 2.97. The Hall–Kier alpha value is -1.55. The molecule has 0 aliphatic carbocycles. The van der Waals surface area contributed by atoms with Crippen LogP contribution in [0.5, 0.6) is 5.75 Å². The fourth-order valence-corrected chi connectivity index (χ4v) is 1.78. The molecule has 4 heteroatoms. The van der Waals surface area contributed by atoms with Gasteiger partial charge in [0.15, 0.2) is 0 Å². The van der Waals surface area contributed by atoms with E-state index in [1.54, 1.807) is 12.1 Å². The first kappa shape index (κ1) is 13.5. The zero-order valence-electron chi connectivity index (χ0n) is 10.2. The van der Waals surface area contributed by atoms with Crippen molar-refractivity contribution in [1.29, 1.82) is 0 Å². The van der Waals surface area contributed by atoms with Crippen molar-refractivity contribution in [3.8, 4) is 5.75 Å². The Morgan fingerprint density at radius 3 is 2.35 bits per heavy atom. The van der Waals surface area contributed by atoms with Crippen LogP contribution in [0.2, 0.25) is 0 Å². The maximum absolute atomic E-state index is 11.3. The van der Waals surface area contributed by atoms with Crippen molar-refractivity contribution in [2.75, 3.05) is 0 Å². The van der Waals surface area contributed by atoms with Crippen molar-refractivity contribution in [3.05, 3.63) is 29.8 Å². The van der Waals surface area contributed by atoms with Gasteiger partial charge in [-0.15, -0.1) is 0 Å². The zero-order valence-corrected chi connectivity index (χ0v) is 10.2. The highest BCUT2D eigenvalue weighted by Crippen LogP contribution is 2.24. The van der Waals surface area contributed by atoms with Crippen molar-refractivity contribution in [2.45, 2.75) is 32.2 Å². The summed E-state index contributed by atoms with van der Waals surface area (Å²) in [4.78, 5) is 11.3.